The third-order valence-corrected chi connectivity index (χ3v) is 4.96. The summed E-state index contributed by atoms with van der Waals surface area (Å²) in [6.07, 6.45) is 5.70. The zero-order valence-corrected chi connectivity index (χ0v) is 16.8. The van der Waals surface area contributed by atoms with Gasteiger partial charge in [0.1, 0.15) is 0 Å². The van der Waals surface area contributed by atoms with Crippen LogP contribution in [0.25, 0.3) is 0 Å². The quantitative estimate of drug-likeness (QED) is 0.551. The number of hydrogen-bond acceptors (Lipinski definition) is 6. The Hall–Kier alpha value is -2.13. The normalized spacial score (nSPS) is 22.8. The van der Waals surface area contributed by atoms with Gasteiger partial charge in [0.15, 0.2) is 0 Å². The molecule has 0 amide bonds. The van der Waals surface area contributed by atoms with E-state index in [-0.39, 0.29) is 0 Å². The number of hydrogen-bond donors (Lipinski definition) is 3. The number of likely N-dealkylation sites (N-methyl/N-ethyl adjacent to an activating group) is 1. The Morgan fingerprint density at radius 1 is 1.37 bits per heavy atom. The lowest BCUT2D eigenvalue weighted by Gasteiger charge is -2.29. The predicted molar refractivity (Wildman–Crippen MR) is 104 cm³/mol. The van der Waals surface area contributed by atoms with Crippen LogP contribution in [-0.2, 0) is 9.59 Å². The molecule has 8 nitrogen and oxygen atoms in total. The van der Waals surface area contributed by atoms with Crippen LogP contribution in [0.3, 0.4) is 0 Å². The number of carbonyl (C=O) groups is 2. The van der Waals surface area contributed by atoms with Crippen molar-refractivity contribution in [1.82, 2.24) is 10.3 Å². The lowest BCUT2D eigenvalue weighted by molar-refractivity contribution is -0.134. The van der Waals surface area contributed by atoms with Crippen LogP contribution < -0.4 is 15.0 Å². The maximum atomic E-state index is 9.55. The van der Waals surface area contributed by atoms with E-state index < -0.39 is 11.9 Å². The molecular formula is C18H24BrN3O5. The van der Waals surface area contributed by atoms with Crippen molar-refractivity contribution in [1.29, 1.82) is 0 Å². The van der Waals surface area contributed by atoms with Crippen LogP contribution in [0.15, 0.2) is 28.9 Å². The van der Waals surface area contributed by atoms with Crippen molar-refractivity contribution in [2.45, 2.75) is 31.8 Å². The van der Waals surface area contributed by atoms with Gasteiger partial charge in [-0.05, 0) is 54.7 Å². The van der Waals surface area contributed by atoms with Crippen molar-refractivity contribution in [3.05, 3.63) is 28.9 Å². The summed E-state index contributed by atoms with van der Waals surface area (Å²) in [6.45, 7) is 3.65. The third kappa shape index (κ3) is 5.93. The second kappa shape index (κ2) is 9.70. The fourth-order valence-corrected chi connectivity index (χ4v) is 3.77. The first-order chi connectivity index (χ1) is 12.9. The van der Waals surface area contributed by atoms with Crippen molar-refractivity contribution in [3.63, 3.8) is 0 Å². The fraction of sp³-hybridized carbons (Fsp3) is 0.500. The molecule has 1 aliphatic heterocycles. The first kappa shape index (κ1) is 21.2. The molecule has 1 aromatic heterocycles. The Morgan fingerprint density at radius 3 is 2.56 bits per heavy atom. The Labute approximate surface area is 166 Å². The van der Waals surface area contributed by atoms with E-state index in [4.69, 9.17) is 14.9 Å². The van der Waals surface area contributed by atoms with Crippen LogP contribution >= 0.6 is 15.9 Å². The van der Waals surface area contributed by atoms with Gasteiger partial charge in [0, 0.05) is 30.8 Å². The third-order valence-electron chi connectivity index (χ3n) is 4.39. The summed E-state index contributed by atoms with van der Waals surface area (Å²) in [6, 6.07) is 3.46. The second-order valence-corrected chi connectivity index (χ2v) is 7.20. The number of rotatable bonds is 7. The SMILES string of the molecule is CCOc1ncc(N2C(CNC)CC3CC32)cc1Br.O=C(O)C=CC(=O)O. The molecule has 3 unspecified atom stereocenters. The average Bonchev–Trinajstić information content (AvgIpc) is 3.27. The number of ether oxygens (including phenoxy) is 1. The number of halogens is 1. The minimum Gasteiger partial charge on any atom is -0.478 e. The number of aromatic nitrogens is 1. The van der Waals surface area contributed by atoms with Gasteiger partial charge >= 0.3 is 11.9 Å². The molecule has 0 radical (unpaired) electrons. The van der Waals surface area contributed by atoms with Gasteiger partial charge < -0.3 is 25.2 Å². The zero-order chi connectivity index (χ0) is 20.0. The van der Waals surface area contributed by atoms with Gasteiger partial charge in [0.05, 0.1) is 23.0 Å². The van der Waals surface area contributed by atoms with E-state index in [1.54, 1.807) is 0 Å². The summed E-state index contributed by atoms with van der Waals surface area (Å²) in [7, 11) is 2.02. The standard InChI is InChI=1S/C14H20BrN3O.C4H4O4/c1-3-19-14-12(15)6-11(8-17-14)18-10(7-16-2)4-9-5-13(9)18;5-3(6)1-2-4(7)8/h6,8-10,13,16H,3-5,7H2,1-2H3;1-2H,(H,5,6)(H,7,8). The van der Waals surface area contributed by atoms with Gasteiger partial charge in [0.25, 0.3) is 0 Å². The Morgan fingerprint density at radius 2 is 2.04 bits per heavy atom. The van der Waals surface area contributed by atoms with Gasteiger partial charge in [0.2, 0.25) is 5.88 Å². The van der Waals surface area contributed by atoms with E-state index in [1.807, 2.05) is 20.2 Å². The minimum atomic E-state index is -1.26. The number of piperidine rings is 1. The highest BCUT2D eigenvalue weighted by atomic mass is 79.9. The van der Waals surface area contributed by atoms with Crippen molar-refractivity contribution in [3.8, 4) is 5.88 Å². The van der Waals surface area contributed by atoms with Crippen LogP contribution in [0.5, 0.6) is 5.88 Å². The summed E-state index contributed by atoms with van der Waals surface area (Å²) in [5, 5.41) is 18.9. The maximum absolute atomic E-state index is 9.55. The first-order valence-corrected chi connectivity index (χ1v) is 9.51. The molecular weight excluding hydrogens is 418 g/mol. The van der Waals surface area contributed by atoms with Crippen molar-refractivity contribution < 1.29 is 24.5 Å². The highest BCUT2D eigenvalue weighted by Crippen LogP contribution is 2.50. The Balaban J connectivity index is 0.000000279. The van der Waals surface area contributed by atoms with Gasteiger partial charge in [-0.2, -0.15) is 0 Å². The van der Waals surface area contributed by atoms with E-state index in [0.29, 0.717) is 30.7 Å². The summed E-state index contributed by atoms with van der Waals surface area (Å²) >= 11 is 3.56. The molecule has 0 aromatic carbocycles. The molecule has 148 valence electrons. The highest BCUT2D eigenvalue weighted by Gasteiger charge is 2.51. The highest BCUT2D eigenvalue weighted by molar-refractivity contribution is 9.10. The van der Waals surface area contributed by atoms with E-state index in [1.165, 1.54) is 18.5 Å². The number of carboxylic acids is 2. The van der Waals surface area contributed by atoms with E-state index in [0.717, 1.165) is 23.0 Å². The smallest absolute Gasteiger partial charge is 0.328 e. The molecule has 0 spiro atoms. The molecule has 0 bridgehead atoms. The topological polar surface area (TPSA) is 112 Å². The summed E-state index contributed by atoms with van der Waals surface area (Å²) in [5.41, 5.74) is 1.21. The van der Waals surface area contributed by atoms with E-state index in [2.05, 4.69) is 37.2 Å². The number of aliphatic carboxylic acids is 2. The second-order valence-electron chi connectivity index (χ2n) is 6.34. The van der Waals surface area contributed by atoms with E-state index >= 15 is 0 Å². The molecule has 3 N–H and O–H groups in total. The lowest BCUT2D eigenvalue weighted by Crippen LogP contribution is -2.39. The molecule has 9 heteroatoms. The van der Waals surface area contributed by atoms with Gasteiger partial charge in [-0.1, -0.05) is 0 Å². The van der Waals surface area contributed by atoms with E-state index in [9.17, 15) is 9.59 Å². The molecule has 2 fully saturated rings. The van der Waals surface area contributed by atoms with Crippen molar-refractivity contribution in [2.24, 2.45) is 5.92 Å². The molecule has 3 atom stereocenters. The average molecular weight is 442 g/mol. The Bertz CT molecular complexity index is 696. The summed E-state index contributed by atoms with van der Waals surface area (Å²) < 4.78 is 6.42. The molecule has 27 heavy (non-hydrogen) atoms. The van der Waals surface area contributed by atoms with Gasteiger partial charge in [-0.3, -0.25) is 0 Å². The maximum Gasteiger partial charge on any atom is 0.328 e. The number of anilines is 1. The molecule has 1 aromatic rings. The lowest BCUT2D eigenvalue weighted by atomic mass is 10.1. The first-order valence-electron chi connectivity index (χ1n) is 8.72. The van der Waals surface area contributed by atoms with Crippen LogP contribution in [0, 0.1) is 5.92 Å². The van der Waals surface area contributed by atoms with Crippen molar-refractivity contribution >= 4 is 33.6 Å². The van der Waals surface area contributed by atoms with Crippen LogP contribution in [0.4, 0.5) is 5.69 Å². The number of nitrogens with zero attached hydrogens (tertiary/aromatic N) is 2. The molecule has 2 heterocycles. The summed E-state index contributed by atoms with van der Waals surface area (Å²) in [4.78, 5) is 26.1. The molecule has 2 aliphatic rings. The number of fused-ring (bicyclic) bond motifs is 1. The molecule has 3 rings (SSSR count). The largest absolute Gasteiger partial charge is 0.478 e. The number of carboxylic acid groups (broad SMARTS) is 2. The molecule has 1 saturated carbocycles. The Kier molecular flexibility index (Phi) is 7.61. The number of nitrogens with one attached hydrogen (secondary N) is 1. The van der Waals surface area contributed by atoms with Gasteiger partial charge in [-0.25, -0.2) is 14.6 Å². The predicted octanol–water partition coefficient (Wildman–Crippen LogP) is 2.14. The van der Waals surface area contributed by atoms with Crippen LogP contribution in [-0.4, -0.2) is 59.4 Å². The van der Waals surface area contributed by atoms with Crippen LogP contribution in [0.2, 0.25) is 0 Å². The molecule has 1 saturated heterocycles. The zero-order valence-electron chi connectivity index (χ0n) is 15.3. The monoisotopic (exact) mass is 441 g/mol. The fourth-order valence-electron chi connectivity index (χ4n) is 3.32. The number of pyridine rings is 1. The summed E-state index contributed by atoms with van der Waals surface area (Å²) in [5.74, 6) is -0.938. The van der Waals surface area contributed by atoms with Gasteiger partial charge in [-0.15, -0.1) is 0 Å². The van der Waals surface area contributed by atoms with Crippen molar-refractivity contribution in [2.75, 3.05) is 25.1 Å². The molecule has 1 aliphatic carbocycles. The van der Waals surface area contributed by atoms with Crippen LogP contribution in [0.1, 0.15) is 19.8 Å². The minimum absolute atomic E-state index is 0.558.